The van der Waals surface area contributed by atoms with Gasteiger partial charge in [0.15, 0.2) is 0 Å². The molecule has 0 aromatic heterocycles. The van der Waals surface area contributed by atoms with Crippen LogP contribution in [0.5, 0.6) is 0 Å². The Balaban J connectivity index is 1.87. The summed E-state index contributed by atoms with van der Waals surface area (Å²) in [7, 11) is 0. The minimum Gasteiger partial charge on any atom is -0.376 e. The maximum Gasteiger partial charge on any atom is 0.319 e. The highest BCUT2D eigenvalue weighted by atomic mass is 32.2. The number of thioether (sulfide) groups is 1. The monoisotopic (exact) mass is 322 g/mol. The maximum absolute atomic E-state index is 12.0. The number of hydrogen-bond acceptors (Lipinski definition) is 3. The number of rotatable bonds is 4. The molecule has 22 heavy (non-hydrogen) atoms. The molecular formula is C17H26N2O2S. The summed E-state index contributed by atoms with van der Waals surface area (Å²) in [5.74, 6) is 0. The number of aryl methyl sites for hydroxylation is 1. The van der Waals surface area contributed by atoms with Gasteiger partial charge in [0.05, 0.1) is 6.10 Å². The molecule has 0 bridgehead atoms. The number of ether oxygens (including phenoxy) is 1. The molecule has 1 aromatic rings. The zero-order valence-corrected chi connectivity index (χ0v) is 14.7. The van der Waals surface area contributed by atoms with Crippen molar-refractivity contribution in [1.29, 1.82) is 0 Å². The van der Waals surface area contributed by atoms with Crippen LogP contribution in [0, 0.1) is 6.92 Å². The molecule has 2 N–H and O–H groups in total. The van der Waals surface area contributed by atoms with Gasteiger partial charge in [0, 0.05) is 28.5 Å². The Kier molecular flexibility index (Phi) is 5.75. The Morgan fingerprint density at radius 3 is 2.77 bits per heavy atom. The second-order valence-corrected chi connectivity index (χ2v) is 8.56. The fourth-order valence-electron chi connectivity index (χ4n) is 2.37. The Bertz CT molecular complexity index is 520. The molecule has 1 unspecified atom stereocenters. The van der Waals surface area contributed by atoms with E-state index >= 15 is 0 Å². The number of urea groups is 1. The summed E-state index contributed by atoms with van der Waals surface area (Å²) in [6.45, 7) is 9.97. The third-order valence-electron chi connectivity index (χ3n) is 3.38. The van der Waals surface area contributed by atoms with Crippen LogP contribution in [-0.4, -0.2) is 30.0 Å². The summed E-state index contributed by atoms with van der Waals surface area (Å²) >= 11 is 1.82. The zero-order valence-electron chi connectivity index (χ0n) is 13.9. The van der Waals surface area contributed by atoms with E-state index in [1.807, 2.05) is 24.8 Å². The molecule has 1 atom stereocenters. The topological polar surface area (TPSA) is 50.4 Å². The SMILES string of the molecule is Cc1cc(SC(C)(C)C)ccc1NC(=O)NCC1CCCO1. The van der Waals surface area contributed by atoms with Crippen LogP contribution in [0.1, 0.15) is 39.2 Å². The quantitative estimate of drug-likeness (QED) is 0.817. The van der Waals surface area contributed by atoms with Crippen molar-refractivity contribution in [3.8, 4) is 0 Å². The molecule has 4 nitrogen and oxygen atoms in total. The van der Waals surface area contributed by atoms with Gasteiger partial charge in [-0.1, -0.05) is 20.8 Å². The van der Waals surface area contributed by atoms with Crippen LogP contribution in [0.4, 0.5) is 10.5 Å². The van der Waals surface area contributed by atoms with E-state index in [2.05, 4.69) is 43.5 Å². The van der Waals surface area contributed by atoms with Crippen molar-refractivity contribution in [1.82, 2.24) is 5.32 Å². The third kappa shape index (κ3) is 5.54. The molecule has 0 saturated carbocycles. The van der Waals surface area contributed by atoms with E-state index in [0.29, 0.717) is 6.54 Å². The molecule has 1 aliphatic rings. The molecule has 122 valence electrons. The Labute approximate surface area is 137 Å². The molecule has 0 spiro atoms. The molecule has 0 aliphatic carbocycles. The Morgan fingerprint density at radius 1 is 1.41 bits per heavy atom. The number of amides is 2. The van der Waals surface area contributed by atoms with E-state index in [1.54, 1.807) is 0 Å². The highest BCUT2D eigenvalue weighted by Crippen LogP contribution is 2.33. The van der Waals surface area contributed by atoms with Gasteiger partial charge in [-0.2, -0.15) is 0 Å². The first-order valence-electron chi connectivity index (χ1n) is 7.79. The summed E-state index contributed by atoms with van der Waals surface area (Å²) in [6.07, 6.45) is 2.27. The van der Waals surface area contributed by atoms with Crippen LogP contribution < -0.4 is 10.6 Å². The standard InChI is InChI=1S/C17H26N2O2S/c1-12-10-14(22-17(2,3)4)7-8-15(12)19-16(20)18-11-13-6-5-9-21-13/h7-8,10,13H,5-6,9,11H2,1-4H3,(H2,18,19,20). The molecule has 0 radical (unpaired) electrons. The van der Waals surface area contributed by atoms with Gasteiger partial charge in [-0.15, -0.1) is 11.8 Å². The lowest BCUT2D eigenvalue weighted by Gasteiger charge is -2.19. The lowest BCUT2D eigenvalue weighted by Crippen LogP contribution is -2.35. The maximum atomic E-state index is 12.0. The van der Waals surface area contributed by atoms with Crippen molar-refractivity contribution in [2.24, 2.45) is 0 Å². The van der Waals surface area contributed by atoms with E-state index in [4.69, 9.17) is 4.74 Å². The number of nitrogens with one attached hydrogen (secondary N) is 2. The number of hydrogen-bond donors (Lipinski definition) is 2. The molecule has 1 heterocycles. The molecule has 1 fully saturated rings. The molecule has 1 saturated heterocycles. The minimum absolute atomic E-state index is 0.164. The van der Waals surface area contributed by atoms with E-state index in [-0.39, 0.29) is 16.9 Å². The second-order valence-electron chi connectivity index (χ2n) is 6.66. The fourth-order valence-corrected chi connectivity index (χ4v) is 3.45. The lowest BCUT2D eigenvalue weighted by molar-refractivity contribution is 0.112. The summed E-state index contributed by atoms with van der Waals surface area (Å²) in [6, 6.07) is 5.97. The molecular weight excluding hydrogens is 296 g/mol. The average molecular weight is 322 g/mol. The smallest absolute Gasteiger partial charge is 0.319 e. The van der Waals surface area contributed by atoms with Gasteiger partial charge in [-0.25, -0.2) is 4.79 Å². The molecule has 2 amide bonds. The number of carbonyl (C=O) groups is 1. The van der Waals surface area contributed by atoms with E-state index in [1.165, 1.54) is 4.90 Å². The van der Waals surface area contributed by atoms with Crippen molar-refractivity contribution in [3.05, 3.63) is 23.8 Å². The largest absolute Gasteiger partial charge is 0.376 e. The van der Waals surface area contributed by atoms with Crippen LogP contribution in [-0.2, 0) is 4.74 Å². The molecule has 2 rings (SSSR count). The highest BCUT2D eigenvalue weighted by molar-refractivity contribution is 8.00. The van der Waals surface area contributed by atoms with Crippen LogP contribution in [0.3, 0.4) is 0 Å². The number of benzene rings is 1. The first-order valence-corrected chi connectivity index (χ1v) is 8.61. The second kappa shape index (κ2) is 7.38. The predicted octanol–water partition coefficient (Wildman–Crippen LogP) is 4.19. The lowest BCUT2D eigenvalue weighted by atomic mass is 10.2. The highest BCUT2D eigenvalue weighted by Gasteiger charge is 2.16. The van der Waals surface area contributed by atoms with Crippen LogP contribution in [0.25, 0.3) is 0 Å². The van der Waals surface area contributed by atoms with Crippen molar-refractivity contribution in [2.45, 2.75) is 56.3 Å². The van der Waals surface area contributed by atoms with Crippen LogP contribution in [0.15, 0.2) is 23.1 Å². The molecule has 1 aliphatic heterocycles. The first-order chi connectivity index (χ1) is 10.3. The van der Waals surface area contributed by atoms with Crippen molar-refractivity contribution in [3.63, 3.8) is 0 Å². The Hall–Kier alpha value is -1.20. The van der Waals surface area contributed by atoms with Crippen molar-refractivity contribution < 1.29 is 9.53 Å². The van der Waals surface area contributed by atoms with Gasteiger partial charge < -0.3 is 15.4 Å². The average Bonchev–Trinajstić information content (AvgIpc) is 2.91. The van der Waals surface area contributed by atoms with Gasteiger partial charge in [-0.05, 0) is 43.5 Å². The summed E-state index contributed by atoms with van der Waals surface area (Å²) in [5, 5.41) is 5.78. The zero-order chi connectivity index (χ0) is 16.2. The van der Waals surface area contributed by atoms with Gasteiger partial charge in [0.1, 0.15) is 0 Å². The molecule has 1 aromatic carbocycles. The van der Waals surface area contributed by atoms with E-state index < -0.39 is 0 Å². The first kappa shape index (κ1) is 17.2. The van der Waals surface area contributed by atoms with Crippen molar-refractivity contribution >= 4 is 23.5 Å². The number of anilines is 1. The van der Waals surface area contributed by atoms with E-state index in [9.17, 15) is 4.79 Å². The normalized spacial score (nSPS) is 18.3. The van der Waals surface area contributed by atoms with Crippen LogP contribution in [0.2, 0.25) is 0 Å². The van der Waals surface area contributed by atoms with Crippen LogP contribution >= 0.6 is 11.8 Å². The molecule has 5 heteroatoms. The van der Waals surface area contributed by atoms with Gasteiger partial charge in [0.2, 0.25) is 0 Å². The van der Waals surface area contributed by atoms with Crippen molar-refractivity contribution in [2.75, 3.05) is 18.5 Å². The fraction of sp³-hybridized carbons (Fsp3) is 0.588. The third-order valence-corrected chi connectivity index (χ3v) is 4.49. The van der Waals surface area contributed by atoms with Gasteiger partial charge in [-0.3, -0.25) is 0 Å². The van der Waals surface area contributed by atoms with Gasteiger partial charge in [0.25, 0.3) is 0 Å². The Morgan fingerprint density at radius 2 is 2.18 bits per heavy atom. The summed E-state index contributed by atoms with van der Waals surface area (Å²) in [5.41, 5.74) is 1.92. The predicted molar refractivity (Wildman–Crippen MR) is 92.8 cm³/mol. The summed E-state index contributed by atoms with van der Waals surface area (Å²) < 4.78 is 5.67. The summed E-state index contributed by atoms with van der Waals surface area (Å²) in [4.78, 5) is 13.2. The number of carbonyl (C=O) groups excluding carboxylic acids is 1. The minimum atomic E-state index is -0.171. The van der Waals surface area contributed by atoms with Gasteiger partial charge >= 0.3 is 6.03 Å². The van der Waals surface area contributed by atoms with E-state index in [0.717, 1.165) is 30.7 Å².